The first-order chi connectivity index (χ1) is 14.8. The molecule has 0 bridgehead atoms. The zero-order valence-electron chi connectivity index (χ0n) is 16.2. The van der Waals surface area contributed by atoms with Crippen LogP contribution in [0.2, 0.25) is 0 Å². The van der Waals surface area contributed by atoms with Crippen LogP contribution in [0.25, 0.3) is 0 Å². The smallest absolute Gasteiger partial charge is 0.311 e. The maximum absolute atomic E-state index is 10.9. The van der Waals surface area contributed by atoms with Crippen molar-refractivity contribution in [3.63, 3.8) is 0 Å². The number of aliphatic hydroxyl groups excluding tert-OH is 2. The third-order valence-corrected chi connectivity index (χ3v) is 4.06. The minimum atomic E-state index is -0.700. The number of rotatable bonds is 7. The average molecular weight is 428 g/mol. The Morgan fingerprint density at radius 2 is 1.29 bits per heavy atom. The van der Waals surface area contributed by atoms with E-state index < -0.39 is 15.6 Å². The molecule has 0 aliphatic heterocycles. The highest BCUT2D eigenvalue weighted by Crippen LogP contribution is 2.29. The Bertz CT molecular complexity index is 1040. The summed E-state index contributed by atoms with van der Waals surface area (Å²) in [5.74, 6) is -0.191. The van der Waals surface area contributed by atoms with Crippen LogP contribution in [0.4, 0.5) is 11.4 Å². The van der Waals surface area contributed by atoms with E-state index in [9.17, 15) is 20.2 Å². The molecule has 0 amide bonds. The molecule has 162 valence electrons. The fraction of sp³-hybridized carbons (Fsp3) is 0.143. The van der Waals surface area contributed by atoms with Gasteiger partial charge in [0.05, 0.1) is 23.1 Å². The number of benzene rings is 3. The van der Waals surface area contributed by atoms with Crippen LogP contribution in [0.1, 0.15) is 16.7 Å². The summed E-state index contributed by atoms with van der Waals surface area (Å²) in [5.41, 5.74) is 1.30. The summed E-state index contributed by atoms with van der Waals surface area (Å²) < 4.78 is 5.46. The Morgan fingerprint density at radius 3 is 1.84 bits per heavy atom. The quantitative estimate of drug-likeness (QED) is 0.381. The Balaban J connectivity index is 0.000000245. The SMILES string of the molecule is O=[N+]([O-])c1cc(CO)ccc1O.O=[N+]([O-])c1cc(CO)ccc1OCc1ccccc1. The molecular formula is C21H20N2O8. The van der Waals surface area contributed by atoms with Gasteiger partial charge in [-0.1, -0.05) is 42.5 Å². The van der Waals surface area contributed by atoms with E-state index in [-0.39, 0.29) is 36.9 Å². The van der Waals surface area contributed by atoms with Crippen molar-refractivity contribution in [2.75, 3.05) is 0 Å². The number of aromatic hydroxyl groups is 1. The predicted octanol–water partition coefficient (Wildman–Crippen LogP) is 3.46. The first-order valence-corrected chi connectivity index (χ1v) is 8.97. The number of phenols is 1. The molecule has 3 N–H and O–H groups in total. The zero-order valence-corrected chi connectivity index (χ0v) is 16.2. The minimum absolute atomic E-state index is 0.137. The number of nitrogens with zero attached hydrogens (tertiary/aromatic N) is 2. The number of nitro groups is 2. The highest BCUT2D eigenvalue weighted by molar-refractivity contribution is 5.49. The lowest BCUT2D eigenvalue weighted by Crippen LogP contribution is -2.00. The summed E-state index contributed by atoms with van der Waals surface area (Å²) in [6.45, 7) is -0.249. The molecule has 0 aliphatic carbocycles. The molecule has 31 heavy (non-hydrogen) atoms. The fourth-order valence-corrected chi connectivity index (χ4v) is 2.47. The van der Waals surface area contributed by atoms with Gasteiger partial charge in [0.25, 0.3) is 0 Å². The van der Waals surface area contributed by atoms with E-state index >= 15 is 0 Å². The highest BCUT2D eigenvalue weighted by Gasteiger charge is 2.16. The van der Waals surface area contributed by atoms with Gasteiger partial charge in [-0.15, -0.1) is 0 Å². The van der Waals surface area contributed by atoms with Crippen LogP contribution in [-0.2, 0) is 19.8 Å². The van der Waals surface area contributed by atoms with Crippen molar-refractivity contribution in [2.45, 2.75) is 19.8 Å². The predicted molar refractivity (Wildman–Crippen MR) is 110 cm³/mol. The van der Waals surface area contributed by atoms with Crippen molar-refractivity contribution in [3.8, 4) is 11.5 Å². The zero-order chi connectivity index (χ0) is 22.8. The number of nitro benzene ring substituents is 2. The first-order valence-electron chi connectivity index (χ1n) is 8.97. The highest BCUT2D eigenvalue weighted by atomic mass is 16.6. The van der Waals surface area contributed by atoms with Gasteiger partial charge < -0.3 is 20.1 Å². The average Bonchev–Trinajstić information content (AvgIpc) is 2.78. The first kappa shape index (κ1) is 23.3. The van der Waals surface area contributed by atoms with Crippen LogP contribution < -0.4 is 4.74 Å². The van der Waals surface area contributed by atoms with Gasteiger partial charge in [-0.05, 0) is 28.8 Å². The monoisotopic (exact) mass is 428 g/mol. The van der Waals surface area contributed by atoms with Gasteiger partial charge >= 0.3 is 11.4 Å². The lowest BCUT2D eigenvalue weighted by molar-refractivity contribution is -0.386. The Labute approximate surface area is 176 Å². The van der Waals surface area contributed by atoms with E-state index in [2.05, 4.69) is 0 Å². The summed E-state index contributed by atoms with van der Waals surface area (Å²) >= 11 is 0. The van der Waals surface area contributed by atoms with Gasteiger partial charge in [0.1, 0.15) is 6.61 Å². The number of hydrogen-bond donors (Lipinski definition) is 3. The van der Waals surface area contributed by atoms with Gasteiger partial charge in [-0.25, -0.2) is 0 Å². The van der Waals surface area contributed by atoms with Crippen LogP contribution in [0.3, 0.4) is 0 Å². The van der Waals surface area contributed by atoms with E-state index in [1.165, 1.54) is 24.3 Å². The van der Waals surface area contributed by atoms with Gasteiger partial charge in [-0.3, -0.25) is 20.2 Å². The van der Waals surface area contributed by atoms with Crippen LogP contribution in [0.15, 0.2) is 66.7 Å². The van der Waals surface area contributed by atoms with E-state index in [1.54, 1.807) is 6.07 Å². The number of aliphatic hydroxyl groups is 2. The van der Waals surface area contributed by atoms with Crippen molar-refractivity contribution in [2.24, 2.45) is 0 Å². The lowest BCUT2D eigenvalue weighted by Gasteiger charge is -2.07. The summed E-state index contributed by atoms with van der Waals surface area (Å²) in [6.07, 6.45) is 0. The van der Waals surface area contributed by atoms with Crippen molar-refractivity contribution < 1.29 is 29.9 Å². The molecule has 0 atom stereocenters. The maximum atomic E-state index is 10.9. The molecule has 0 heterocycles. The van der Waals surface area contributed by atoms with Crippen molar-refractivity contribution in [1.82, 2.24) is 0 Å². The molecule has 0 spiro atoms. The summed E-state index contributed by atoms with van der Waals surface area (Å²) in [6, 6.07) is 17.6. The number of phenolic OH excluding ortho intramolecular Hbond substituents is 1. The topological polar surface area (TPSA) is 156 Å². The second-order valence-corrected chi connectivity index (χ2v) is 6.23. The molecular weight excluding hydrogens is 408 g/mol. The summed E-state index contributed by atoms with van der Waals surface area (Å²) in [4.78, 5) is 20.0. The Morgan fingerprint density at radius 1 is 0.742 bits per heavy atom. The van der Waals surface area contributed by atoms with Crippen LogP contribution in [0.5, 0.6) is 11.5 Å². The minimum Gasteiger partial charge on any atom is -0.502 e. The lowest BCUT2D eigenvalue weighted by atomic mass is 10.2. The molecule has 10 heteroatoms. The van der Waals surface area contributed by atoms with Gasteiger partial charge in [0, 0.05) is 12.1 Å². The molecule has 10 nitrogen and oxygen atoms in total. The molecule has 0 fully saturated rings. The Kier molecular flexibility index (Phi) is 8.43. The van der Waals surface area contributed by atoms with Crippen molar-refractivity contribution in [1.29, 1.82) is 0 Å². The molecule has 0 aliphatic rings. The van der Waals surface area contributed by atoms with Crippen molar-refractivity contribution >= 4 is 11.4 Å². The third kappa shape index (κ3) is 6.77. The largest absolute Gasteiger partial charge is 0.502 e. The van der Waals surface area contributed by atoms with E-state index in [4.69, 9.17) is 20.1 Å². The van der Waals surface area contributed by atoms with Gasteiger partial charge in [0.15, 0.2) is 11.5 Å². The molecule has 0 radical (unpaired) electrons. The molecule has 0 aromatic heterocycles. The Hall–Kier alpha value is -4.02. The molecule has 3 aromatic rings. The van der Waals surface area contributed by atoms with Crippen LogP contribution >= 0.6 is 0 Å². The normalized spacial score (nSPS) is 10.0. The van der Waals surface area contributed by atoms with Crippen molar-refractivity contribution in [3.05, 3.63) is 104 Å². The van der Waals surface area contributed by atoms with Gasteiger partial charge in [0.2, 0.25) is 0 Å². The molecule has 0 saturated heterocycles. The van der Waals surface area contributed by atoms with E-state index in [0.29, 0.717) is 11.1 Å². The third-order valence-electron chi connectivity index (χ3n) is 4.06. The molecule has 3 rings (SSSR count). The molecule has 0 unspecified atom stereocenters. The van der Waals surface area contributed by atoms with Gasteiger partial charge in [-0.2, -0.15) is 0 Å². The summed E-state index contributed by atoms with van der Waals surface area (Å²) in [5, 5.41) is 47.8. The summed E-state index contributed by atoms with van der Waals surface area (Å²) in [7, 11) is 0. The fourth-order valence-electron chi connectivity index (χ4n) is 2.47. The number of hydrogen-bond acceptors (Lipinski definition) is 8. The van der Waals surface area contributed by atoms with E-state index in [1.807, 2.05) is 30.3 Å². The van der Waals surface area contributed by atoms with Crippen LogP contribution in [-0.4, -0.2) is 25.2 Å². The van der Waals surface area contributed by atoms with Crippen LogP contribution in [0, 0.1) is 20.2 Å². The second-order valence-electron chi connectivity index (χ2n) is 6.23. The molecule has 0 saturated carbocycles. The molecule has 3 aromatic carbocycles. The maximum Gasteiger partial charge on any atom is 0.311 e. The number of ether oxygens (including phenoxy) is 1. The second kappa shape index (κ2) is 11.2. The standard InChI is InChI=1S/C14H13NO4.C7H7NO4/c16-9-12-6-7-14(13(8-12)15(17)18)19-10-11-4-2-1-3-5-11;9-4-5-1-2-7(10)6(3-5)8(11)12/h1-8,16H,9-10H2;1-3,9-10H,4H2. The van der Waals surface area contributed by atoms with E-state index in [0.717, 1.165) is 11.6 Å².